The molecule has 0 spiro atoms. The van der Waals surface area contributed by atoms with E-state index < -0.39 is 0 Å². The molecule has 0 atom stereocenters. The summed E-state index contributed by atoms with van der Waals surface area (Å²) in [5, 5.41) is 4.28. The third-order valence-corrected chi connectivity index (χ3v) is 3.72. The lowest BCUT2D eigenvalue weighted by Gasteiger charge is -2.04. The summed E-state index contributed by atoms with van der Waals surface area (Å²) in [6.45, 7) is 0.397. The van der Waals surface area contributed by atoms with Crippen LogP contribution in [0.4, 0.5) is 10.1 Å². The van der Waals surface area contributed by atoms with Crippen molar-refractivity contribution in [3.63, 3.8) is 0 Å². The first-order chi connectivity index (χ1) is 10.1. The van der Waals surface area contributed by atoms with Crippen LogP contribution in [-0.4, -0.2) is 9.78 Å². The van der Waals surface area contributed by atoms with Gasteiger partial charge >= 0.3 is 0 Å². The third-order valence-electron chi connectivity index (χ3n) is 3.22. The van der Waals surface area contributed by atoms with Crippen molar-refractivity contribution < 1.29 is 4.39 Å². The second kappa shape index (κ2) is 5.69. The van der Waals surface area contributed by atoms with E-state index in [4.69, 9.17) is 5.73 Å². The molecule has 0 saturated heterocycles. The molecule has 0 aliphatic rings. The summed E-state index contributed by atoms with van der Waals surface area (Å²) in [5.74, 6) is -0.242. The van der Waals surface area contributed by atoms with Crippen LogP contribution >= 0.6 is 15.9 Å². The van der Waals surface area contributed by atoms with E-state index >= 15 is 0 Å². The second-order valence-electron chi connectivity index (χ2n) is 4.78. The minimum absolute atomic E-state index is 0.242. The van der Waals surface area contributed by atoms with Crippen molar-refractivity contribution in [2.75, 3.05) is 5.73 Å². The Kier molecular flexibility index (Phi) is 3.75. The van der Waals surface area contributed by atoms with Gasteiger partial charge in [-0.1, -0.05) is 34.1 Å². The standard InChI is InChI=1S/C16H13BrFN3/c17-14-4-1-12(16(18)7-14)9-21-10-13(8-20-21)11-2-5-15(19)6-3-11/h1-8,10H,9,19H2. The summed E-state index contributed by atoms with van der Waals surface area (Å²) in [6, 6.07) is 12.6. The Labute approximate surface area is 130 Å². The molecule has 0 aliphatic heterocycles. The molecule has 106 valence electrons. The van der Waals surface area contributed by atoms with E-state index in [0.717, 1.165) is 21.3 Å². The van der Waals surface area contributed by atoms with Gasteiger partial charge in [0.15, 0.2) is 0 Å². The molecule has 2 aromatic carbocycles. The Hall–Kier alpha value is -2.14. The number of rotatable bonds is 3. The summed E-state index contributed by atoms with van der Waals surface area (Å²) in [7, 11) is 0. The molecular weight excluding hydrogens is 333 g/mol. The molecule has 0 saturated carbocycles. The van der Waals surface area contributed by atoms with Crippen molar-refractivity contribution in [1.29, 1.82) is 0 Å². The zero-order valence-corrected chi connectivity index (χ0v) is 12.7. The van der Waals surface area contributed by atoms with Gasteiger partial charge in [-0.2, -0.15) is 5.10 Å². The van der Waals surface area contributed by atoms with Crippen LogP contribution in [0, 0.1) is 5.82 Å². The average Bonchev–Trinajstić information content (AvgIpc) is 2.91. The topological polar surface area (TPSA) is 43.8 Å². The lowest BCUT2D eigenvalue weighted by atomic mass is 10.1. The van der Waals surface area contributed by atoms with Gasteiger partial charge < -0.3 is 5.73 Å². The fourth-order valence-electron chi connectivity index (χ4n) is 2.10. The van der Waals surface area contributed by atoms with Crippen molar-refractivity contribution in [3.8, 4) is 11.1 Å². The van der Waals surface area contributed by atoms with Crippen LogP contribution in [0.15, 0.2) is 59.3 Å². The SMILES string of the molecule is Nc1ccc(-c2cnn(Cc3ccc(Br)cc3F)c2)cc1. The Morgan fingerprint density at radius 1 is 1.10 bits per heavy atom. The first-order valence-corrected chi connectivity index (χ1v) is 7.23. The maximum Gasteiger partial charge on any atom is 0.129 e. The number of hydrogen-bond donors (Lipinski definition) is 1. The number of nitrogens with two attached hydrogens (primary N) is 1. The highest BCUT2D eigenvalue weighted by atomic mass is 79.9. The molecule has 0 amide bonds. The van der Waals surface area contributed by atoms with Crippen LogP contribution in [0.2, 0.25) is 0 Å². The molecule has 2 N–H and O–H groups in total. The van der Waals surface area contributed by atoms with E-state index in [1.165, 1.54) is 6.07 Å². The maximum absolute atomic E-state index is 13.8. The number of anilines is 1. The predicted molar refractivity (Wildman–Crippen MR) is 85.3 cm³/mol. The van der Waals surface area contributed by atoms with Gasteiger partial charge in [-0.05, 0) is 29.8 Å². The highest BCUT2D eigenvalue weighted by Gasteiger charge is 2.06. The Morgan fingerprint density at radius 3 is 2.57 bits per heavy atom. The fraction of sp³-hybridized carbons (Fsp3) is 0.0625. The van der Waals surface area contributed by atoms with Gasteiger partial charge in [-0.25, -0.2) is 4.39 Å². The van der Waals surface area contributed by atoms with Gasteiger partial charge in [-0.3, -0.25) is 4.68 Å². The quantitative estimate of drug-likeness (QED) is 0.726. The fourth-order valence-corrected chi connectivity index (χ4v) is 2.43. The van der Waals surface area contributed by atoms with E-state index in [-0.39, 0.29) is 5.82 Å². The Balaban J connectivity index is 1.83. The molecule has 0 aliphatic carbocycles. The van der Waals surface area contributed by atoms with Crippen molar-refractivity contribution >= 4 is 21.6 Å². The van der Waals surface area contributed by atoms with Crippen LogP contribution in [0.5, 0.6) is 0 Å². The van der Waals surface area contributed by atoms with E-state index in [1.807, 2.05) is 36.5 Å². The van der Waals surface area contributed by atoms with Crippen LogP contribution in [-0.2, 0) is 6.54 Å². The number of hydrogen-bond acceptors (Lipinski definition) is 2. The molecule has 0 bridgehead atoms. The number of benzene rings is 2. The zero-order valence-electron chi connectivity index (χ0n) is 11.1. The Bertz CT molecular complexity index is 765. The third kappa shape index (κ3) is 3.13. The molecular formula is C16H13BrFN3. The van der Waals surface area contributed by atoms with E-state index in [1.54, 1.807) is 16.9 Å². The van der Waals surface area contributed by atoms with Crippen LogP contribution in [0.3, 0.4) is 0 Å². The molecule has 3 nitrogen and oxygen atoms in total. The van der Waals surface area contributed by atoms with Gasteiger partial charge in [0.25, 0.3) is 0 Å². The van der Waals surface area contributed by atoms with Crippen molar-refractivity contribution in [2.24, 2.45) is 0 Å². The lowest BCUT2D eigenvalue weighted by molar-refractivity contribution is 0.584. The van der Waals surface area contributed by atoms with E-state index in [9.17, 15) is 4.39 Å². The summed E-state index contributed by atoms with van der Waals surface area (Å²) in [6.07, 6.45) is 3.66. The van der Waals surface area contributed by atoms with Gasteiger partial charge in [-0.15, -0.1) is 0 Å². The monoisotopic (exact) mass is 345 g/mol. The lowest BCUT2D eigenvalue weighted by Crippen LogP contribution is -2.02. The number of nitrogens with zero attached hydrogens (tertiary/aromatic N) is 2. The highest BCUT2D eigenvalue weighted by molar-refractivity contribution is 9.10. The first-order valence-electron chi connectivity index (χ1n) is 6.44. The van der Waals surface area contributed by atoms with Crippen molar-refractivity contribution in [3.05, 3.63) is 70.7 Å². The zero-order chi connectivity index (χ0) is 14.8. The highest BCUT2D eigenvalue weighted by Crippen LogP contribution is 2.21. The molecule has 21 heavy (non-hydrogen) atoms. The molecule has 0 radical (unpaired) electrons. The largest absolute Gasteiger partial charge is 0.399 e. The summed E-state index contributed by atoms with van der Waals surface area (Å²) >= 11 is 3.25. The molecule has 3 aromatic rings. The number of halogens is 2. The number of aromatic nitrogens is 2. The van der Waals surface area contributed by atoms with Gasteiger partial charge in [0.2, 0.25) is 0 Å². The van der Waals surface area contributed by atoms with Crippen molar-refractivity contribution in [2.45, 2.75) is 6.54 Å². The molecule has 1 aromatic heterocycles. The maximum atomic E-state index is 13.8. The Morgan fingerprint density at radius 2 is 1.86 bits per heavy atom. The summed E-state index contributed by atoms with van der Waals surface area (Å²) in [4.78, 5) is 0. The smallest absolute Gasteiger partial charge is 0.129 e. The normalized spacial score (nSPS) is 10.8. The molecule has 0 fully saturated rings. The minimum Gasteiger partial charge on any atom is -0.399 e. The number of nitrogen functional groups attached to an aromatic ring is 1. The molecule has 1 heterocycles. The van der Waals surface area contributed by atoms with E-state index in [0.29, 0.717) is 12.1 Å². The van der Waals surface area contributed by atoms with Crippen LogP contribution < -0.4 is 5.73 Å². The molecule has 5 heteroatoms. The second-order valence-corrected chi connectivity index (χ2v) is 5.70. The van der Waals surface area contributed by atoms with Crippen LogP contribution in [0.25, 0.3) is 11.1 Å². The molecule has 3 rings (SSSR count). The van der Waals surface area contributed by atoms with Gasteiger partial charge in [0.1, 0.15) is 5.82 Å². The van der Waals surface area contributed by atoms with Crippen molar-refractivity contribution in [1.82, 2.24) is 9.78 Å². The predicted octanol–water partition coefficient (Wildman–Crippen LogP) is 4.08. The molecule has 0 unspecified atom stereocenters. The first kappa shape index (κ1) is 13.8. The average molecular weight is 346 g/mol. The van der Waals surface area contributed by atoms with Gasteiger partial charge in [0.05, 0.1) is 12.7 Å². The van der Waals surface area contributed by atoms with Crippen LogP contribution in [0.1, 0.15) is 5.56 Å². The van der Waals surface area contributed by atoms with Gasteiger partial charge in [0, 0.05) is 27.5 Å². The summed E-state index contributed by atoms with van der Waals surface area (Å²) in [5.41, 5.74) is 9.01. The minimum atomic E-state index is -0.242. The summed E-state index contributed by atoms with van der Waals surface area (Å²) < 4.78 is 16.3. The van der Waals surface area contributed by atoms with E-state index in [2.05, 4.69) is 21.0 Å².